The Morgan fingerprint density at radius 1 is 1.07 bits per heavy atom. The Morgan fingerprint density at radius 2 is 1.76 bits per heavy atom. The number of Topliss-reactive ketones (excluding diaryl/α,β-unsaturated/α-hetero) is 1. The maximum Gasteiger partial charge on any atom is 0.340 e. The van der Waals surface area contributed by atoms with E-state index >= 15 is 4.79 Å². The maximum absolute atomic E-state index is 15.1. The van der Waals surface area contributed by atoms with Crippen molar-refractivity contribution in [3.05, 3.63) is 54.4 Å². The number of pyridine rings is 1. The van der Waals surface area contributed by atoms with Gasteiger partial charge in [0, 0.05) is 50.4 Å². The molecule has 3 fully saturated rings. The molecule has 3 aliphatic carbocycles. The second-order valence-electron chi connectivity index (χ2n) is 12.9. The molecular formula is C34H41NO10. The Bertz CT molecular complexity index is 1440. The van der Waals surface area contributed by atoms with Crippen LogP contribution in [0.25, 0.3) is 0 Å². The molecule has 2 saturated carbocycles. The van der Waals surface area contributed by atoms with Crippen LogP contribution in [0.4, 0.5) is 0 Å². The lowest BCUT2D eigenvalue weighted by Crippen LogP contribution is -2.62. The number of ketones is 1. The summed E-state index contributed by atoms with van der Waals surface area (Å²) in [4.78, 5) is 71.7. The van der Waals surface area contributed by atoms with Crippen LogP contribution in [-0.4, -0.2) is 70.8 Å². The molecule has 5 unspecified atom stereocenters. The van der Waals surface area contributed by atoms with E-state index in [-0.39, 0.29) is 31.4 Å². The van der Waals surface area contributed by atoms with E-state index in [0.717, 1.165) is 0 Å². The van der Waals surface area contributed by atoms with Crippen LogP contribution in [0.15, 0.2) is 48.8 Å². The highest BCUT2D eigenvalue weighted by molar-refractivity contribution is 5.98. The van der Waals surface area contributed by atoms with Gasteiger partial charge < -0.3 is 23.7 Å². The van der Waals surface area contributed by atoms with E-state index < -0.39 is 88.3 Å². The van der Waals surface area contributed by atoms with Gasteiger partial charge in [0.15, 0.2) is 5.60 Å². The van der Waals surface area contributed by atoms with Crippen molar-refractivity contribution in [2.45, 2.75) is 90.3 Å². The lowest BCUT2D eigenvalue weighted by molar-refractivity contribution is -0.210. The van der Waals surface area contributed by atoms with Gasteiger partial charge in [0.1, 0.15) is 23.9 Å². The van der Waals surface area contributed by atoms with Crippen LogP contribution >= 0.6 is 0 Å². The van der Waals surface area contributed by atoms with Gasteiger partial charge in [-0.1, -0.05) is 39.0 Å². The van der Waals surface area contributed by atoms with Crippen molar-refractivity contribution in [3.8, 4) is 0 Å². The zero-order chi connectivity index (χ0) is 32.9. The molecule has 1 aromatic rings. The van der Waals surface area contributed by atoms with Gasteiger partial charge in [-0.25, -0.2) is 4.79 Å². The summed E-state index contributed by atoms with van der Waals surface area (Å²) >= 11 is 0. The summed E-state index contributed by atoms with van der Waals surface area (Å²) in [5, 5.41) is 0. The van der Waals surface area contributed by atoms with E-state index in [0.29, 0.717) is 5.57 Å². The minimum absolute atomic E-state index is 0.00493. The van der Waals surface area contributed by atoms with Crippen LogP contribution in [0.3, 0.4) is 0 Å². The number of esters is 4. The van der Waals surface area contributed by atoms with Crippen molar-refractivity contribution in [1.82, 2.24) is 4.98 Å². The van der Waals surface area contributed by atoms with Gasteiger partial charge in [-0.2, -0.15) is 0 Å². The van der Waals surface area contributed by atoms with Gasteiger partial charge in [-0.05, 0) is 38.0 Å². The molecule has 10 atom stereocenters. The topological polar surface area (TPSA) is 144 Å². The molecule has 0 amide bonds. The number of aromatic nitrogens is 1. The first-order chi connectivity index (χ1) is 21.3. The molecule has 5 rings (SSSR count). The van der Waals surface area contributed by atoms with Crippen LogP contribution in [-0.2, 0) is 42.9 Å². The molecule has 4 aliphatic rings. The van der Waals surface area contributed by atoms with E-state index in [1.807, 2.05) is 13.0 Å². The highest BCUT2D eigenvalue weighted by atomic mass is 16.6. The molecule has 11 nitrogen and oxygen atoms in total. The van der Waals surface area contributed by atoms with Crippen molar-refractivity contribution < 1.29 is 47.7 Å². The first kappa shape index (κ1) is 32.5. The summed E-state index contributed by atoms with van der Waals surface area (Å²) < 4.78 is 31.1. The molecule has 11 heteroatoms. The number of hydrogen-bond donors (Lipinski definition) is 0. The number of carbonyl (C=O) groups excluding carboxylic acids is 5. The van der Waals surface area contributed by atoms with E-state index in [1.54, 1.807) is 45.9 Å². The van der Waals surface area contributed by atoms with Crippen molar-refractivity contribution in [1.29, 1.82) is 0 Å². The van der Waals surface area contributed by atoms with Crippen LogP contribution in [0, 0.1) is 29.1 Å². The van der Waals surface area contributed by atoms with E-state index in [2.05, 4.69) is 11.6 Å². The highest BCUT2D eigenvalue weighted by Crippen LogP contribution is 2.67. The molecule has 0 radical (unpaired) electrons. The second-order valence-corrected chi connectivity index (χ2v) is 12.9. The fourth-order valence-electron chi connectivity index (χ4n) is 8.32. The molecule has 1 saturated heterocycles. The van der Waals surface area contributed by atoms with Crippen molar-refractivity contribution in [2.24, 2.45) is 29.1 Å². The second kappa shape index (κ2) is 11.8. The number of carbonyl (C=O) groups is 5. The molecule has 0 aromatic carbocycles. The lowest BCUT2D eigenvalue weighted by Gasteiger charge is -2.51. The SMILES string of the molecule is C=C(C)C1C=C[C@@H](OC(=O)c2cccnc2)C23COC(C)(C(=O)[C@@]4(OC(C)=O)C[C@H](C)[C@H](OC(=O)CC)C4[C@H]2OC(=O)CC)C13. The average molecular weight is 624 g/mol. The number of hydrogen-bond acceptors (Lipinski definition) is 11. The largest absolute Gasteiger partial charge is 0.461 e. The third kappa shape index (κ3) is 4.99. The highest BCUT2D eigenvalue weighted by Gasteiger charge is 2.81. The zero-order valence-corrected chi connectivity index (χ0v) is 26.6. The minimum Gasteiger partial charge on any atom is -0.461 e. The summed E-state index contributed by atoms with van der Waals surface area (Å²) in [5.74, 6) is -5.86. The molecular weight excluding hydrogens is 582 g/mol. The van der Waals surface area contributed by atoms with Crippen molar-refractivity contribution in [2.75, 3.05) is 6.61 Å². The van der Waals surface area contributed by atoms with Crippen LogP contribution < -0.4 is 0 Å². The fraction of sp³-hybridized carbons (Fsp3) is 0.588. The van der Waals surface area contributed by atoms with Gasteiger partial charge in [0.05, 0.1) is 23.5 Å². The third-order valence-electron chi connectivity index (χ3n) is 10.1. The van der Waals surface area contributed by atoms with Gasteiger partial charge in [-0.3, -0.25) is 24.2 Å². The predicted molar refractivity (Wildman–Crippen MR) is 158 cm³/mol. The van der Waals surface area contributed by atoms with Crippen LogP contribution in [0.5, 0.6) is 0 Å². The summed E-state index contributed by atoms with van der Waals surface area (Å²) in [6, 6.07) is 3.18. The standard InChI is InChI=1S/C34H41NO10/c1-8-24(37)43-27-19(5)15-34(45-20(6)36)26(27)29(44-25(38)9-2)33-17-41-32(7,31(34)40)28(33)22(18(3)4)12-13-23(33)42-30(39)21-11-10-14-35-16-21/h10-14,16,19,22-23,26-29H,3,8-9,15,17H2,1-2,4-7H3/t19-,22?,23+,26?,27-,28?,29+,32?,33?,34+/m0/s1. The quantitative estimate of drug-likeness (QED) is 0.236. The predicted octanol–water partition coefficient (Wildman–Crippen LogP) is 3.94. The normalized spacial score (nSPS) is 37.9. The van der Waals surface area contributed by atoms with E-state index in [1.165, 1.54) is 19.3 Å². The van der Waals surface area contributed by atoms with Crippen LogP contribution in [0.2, 0.25) is 0 Å². The third-order valence-corrected chi connectivity index (χ3v) is 10.1. The Hall–Kier alpha value is -3.86. The molecule has 2 heterocycles. The maximum atomic E-state index is 15.1. The summed E-state index contributed by atoms with van der Waals surface area (Å²) in [5.41, 5.74) is -3.94. The summed E-state index contributed by atoms with van der Waals surface area (Å²) in [6.07, 6.45) is 3.24. The first-order valence-corrected chi connectivity index (χ1v) is 15.5. The Labute approximate surface area is 262 Å². The number of nitrogens with zero attached hydrogens (tertiary/aromatic N) is 1. The Balaban J connectivity index is 1.81. The number of ether oxygens (including phenoxy) is 5. The number of allylic oxidation sites excluding steroid dienone is 2. The Kier molecular flexibility index (Phi) is 8.54. The van der Waals surface area contributed by atoms with Crippen molar-refractivity contribution >= 4 is 29.7 Å². The molecule has 2 bridgehead atoms. The van der Waals surface area contributed by atoms with Gasteiger partial charge >= 0.3 is 23.9 Å². The van der Waals surface area contributed by atoms with Crippen LogP contribution in [0.1, 0.15) is 71.2 Å². The smallest absolute Gasteiger partial charge is 0.340 e. The monoisotopic (exact) mass is 623 g/mol. The summed E-state index contributed by atoms with van der Waals surface area (Å²) in [7, 11) is 0. The number of fused-ring (bicyclic) bond motifs is 1. The van der Waals surface area contributed by atoms with Gasteiger partial charge in [0.25, 0.3) is 0 Å². The average Bonchev–Trinajstić information content (AvgIpc) is 3.46. The van der Waals surface area contributed by atoms with Gasteiger partial charge in [0.2, 0.25) is 5.78 Å². The van der Waals surface area contributed by atoms with E-state index in [4.69, 9.17) is 23.7 Å². The molecule has 0 spiro atoms. The van der Waals surface area contributed by atoms with Gasteiger partial charge in [-0.15, -0.1) is 0 Å². The molecule has 242 valence electrons. The van der Waals surface area contributed by atoms with Crippen molar-refractivity contribution in [3.63, 3.8) is 0 Å². The fourth-order valence-corrected chi connectivity index (χ4v) is 8.32. The number of rotatable bonds is 8. The minimum atomic E-state index is -1.88. The zero-order valence-electron chi connectivity index (χ0n) is 26.6. The molecule has 1 aromatic heterocycles. The molecule has 1 aliphatic heterocycles. The lowest BCUT2D eigenvalue weighted by atomic mass is 9.55. The Morgan fingerprint density at radius 3 is 2.36 bits per heavy atom. The first-order valence-electron chi connectivity index (χ1n) is 15.5. The molecule has 45 heavy (non-hydrogen) atoms. The van der Waals surface area contributed by atoms with E-state index in [9.17, 15) is 19.2 Å². The molecule has 0 N–H and O–H groups in total. The summed E-state index contributed by atoms with van der Waals surface area (Å²) in [6.45, 7) is 13.8.